The van der Waals surface area contributed by atoms with E-state index in [1.807, 2.05) is 0 Å². The number of hydrogen-bond acceptors (Lipinski definition) is 6. The van der Waals surface area contributed by atoms with Crippen molar-refractivity contribution < 1.29 is 26.4 Å². The lowest BCUT2D eigenvalue weighted by Gasteiger charge is -2.33. The highest BCUT2D eigenvalue weighted by atomic mass is 35.5. The Balaban J connectivity index is 1.49. The summed E-state index contributed by atoms with van der Waals surface area (Å²) in [6.07, 6.45) is -0.0437. The van der Waals surface area contributed by atoms with Crippen molar-refractivity contribution in [3.63, 3.8) is 0 Å². The number of halogens is 1. The van der Waals surface area contributed by atoms with Gasteiger partial charge in [-0.15, -0.1) is 0 Å². The second-order valence-corrected chi connectivity index (χ2v) is 11.9. The normalized spacial score (nSPS) is 15.6. The Hall–Kier alpha value is -3.28. The van der Waals surface area contributed by atoms with Crippen molar-refractivity contribution in [3.05, 3.63) is 77.3 Å². The van der Waals surface area contributed by atoms with Crippen LogP contribution >= 0.6 is 11.6 Å². The first kappa shape index (κ1) is 24.8. The topological polar surface area (TPSA) is 122 Å². The van der Waals surface area contributed by atoms with Gasteiger partial charge in [0.1, 0.15) is 5.75 Å². The number of amides is 1. The van der Waals surface area contributed by atoms with Crippen molar-refractivity contribution in [3.8, 4) is 5.75 Å². The first-order valence-corrected chi connectivity index (χ1v) is 14.1. The van der Waals surface area contributed by atoms with E-state index in [1.54, 1.807) is 49.4 Å². The molecule has 1 aliphatic heterocycles. The summed E-state index contributed by atoms with van der Waals surface area (Å²) in [5.41, 5.74) is 1.64. The zero-order chi connectivity index (χ0) is 25.4. The summed E-state index contributed by atoms with van der Waals surface area (Å²) in [5.74, 6) is -0.301. The van der Waals surface area contributed by atoms with Gasteiger partial charge in [-0.25, -0.2) is 16.8 Å². The van der Waals surface area contributed by atoms with Crippen molar-refractivity contribution >= 4 is 54.6 Å². The fourth-order valence-corrected chi connectivity index (χ4v) is 5.73. The van der Waals surface area contributed by atoms with Crippen LogP contribution in [0.15, 0.2) is 71.6 Å². The molecule has 0 spiro atoms. The summed E-state index contributed by atoms with van der Waals surface area (Å²) in [7, 11) is -7.54. The van der Waals surface area contributed by atoms with Gasteiger partial charge in [0, 0.05) is 10.7 Å². The lowest BCUT2D eigenvalue weighted by Crippen LogP contribution is -2.48. The number of carbonyl (C=O) groups excluding carboxylic acids is 1. The van der Waals surface area contributed by atoms with Gasteiger partial charge in [0.05, 0.1) is 29.1 Å². The molecule has 2 N–H and O–H groups in total. The third-order valence-electron chi connectivity index (χ3n) is 5.37. The van der Waals surface area contributed by atoms with Gasteiger partial charge in [0.25, 0.3) is 15.9 Å². The Labute approximate surface area is 208 Å². The van der Waals surface area contributed by atoms with Crippen molar-refractivity contribution in [1.82, 2.24) is 0 Å². The molecule has 1 aliphatic rings. The second kappa shape index (κ2) is 9.40. The van der Waals surface area contributed by atoms with Crippen LogP contribution in [-0.4, -0.2) is 41.6 Å². The number of benzene rings is 3. The maximum Gasteiger partial charge on any atom is 0.267 e. The number of carbonyl (C=O) groups is 1. The van der Waals surface area contributed by atoms with Crippen LogP contribution in [0.5, 0.6) is 5.75 Å². The molecule has 3 aromatic rings. The van der Waals surface area contributed by atoms with Crippen LogP contribution < -0.4 is 19.1 Å². The van der Waals surface area contributed by atoms with E-state index >= 15 is 0 Å². The number of sulfonamides is 2. The van der Waals surface area contributed by atoms with Gasteiger partial charge in [0.2, 0.25) is 10.0 Å². The van der Waals surface area contributed by atoms with Gasteiger partial charge in [-0.2, -0.15) is 0 Å². The van der Waals surface area contributed by atoms with Gasteiger partial charge in [0.15, 0.2) is 6.10 Å². The maximum absolute atomic E-state index is 12.8. The van der Waals surface area contributed by atoms with E-state index in [0.717, 1.165) is 10.6 Å². The Kier molecular flexibility index (Phi) is 6.67. The summed E-state index contributed by atoms with van der Waals surface area (Å²) in [5, 5.41) is 3.08. The number of nitrogens with zero attached hydrogens (tertiary/aromatic N) is 1. The molecule has 1 unspecified atom stereocenters. The smallest absolute Gasteiger partial charge is 0.267 e. The number of nitrogens with one attached hydrogen (secondary N) is 2. The summed E-state index contributed by atoms with van der Waals surface area (Å²) in [4.78, 5) is 12.8. The predicted molar refractivity (Wildman–Crippen MR) is 135 cm³/mol. The summed E-state index contributed by atoms with van der Waals surface area (Å²) < 4.78 is 59.4. The number of ether oxygens (including phenoxy) is 1. The highest BCUT2D eigenvalue weighted by Crippen LogP contribution is 2.35. The standard InChI is InChI=1S/C23H22ClN3O6S2/c1-15-18(24)6-5-7-19(15)26-35(31,32)17-12-10-16(11-13-17)25-23(28)22-14-27(34(2,29)30)20-8-3-4-9-21(20)33-22/h3-13,22,26H,14H2,1-2H3,(H,25,28). The van der Waals surface area contributed by atoms with Crippen LogP contribution in [0.3, 0.4) is 0 Å². The number of para-hydroxylation sites is 2. The molecular formula is C23H22ClN3O6S2. The summed E-state index contributed by atoms with van der Waals surface area (Å²) in [6, 6.07) is 17.0. The quantitative estimate of drug-likeness (QED) is 0.497. The van der Waals surface area contributed by atoms with Crippen molar-refractivity contribution in [2.24, 2.45) is 0 Å². The fourth-order valence-electron chi connectivity index (χ4n) is 3.51. The lowest BCUT2D eigenvalue weighted by molar-refractivity contribution is -0.122. The molecule has 1 atom stereocenters. The molecule has 0 radical (unpaired) electrons. The molecule has 12 heteroatoms. The van der Waals surface area contributed by atoms with Crippen LogP contribution in [-0.2, 0) is 24.8 Å². The van der Waals surface area contributed by atoms with E-state index in [9.17, 15) is 21.6 Å². The molecule has 35 heavy (non-hydrogen) atoms. The average molecular weight is 536 g/mol. The molecule has 0 fully saturated rings. The monoisotopic (exact) mass is 535 g/mol. The van der Waals surface area contributed by atoms with Gasteiger partial charge in [-0.3, -0.25) is 13.8 Å². The van der Waals surface area contributed by atoms with Crippen LogP contribution in [0.2, 0.25) is 5.02 Å². The molecular weight excluding hydrogens is 514 g/mol. The number of anilines is 3. The maximum atomic E-state index is 12.8. The van der Waals surface area contributed by atoms with E-state index in [-0.39, 0.29) is 17.2 Å². The Morgan fingerprint density at radius 3 is 2.37 bits per heavy atom. The van der Waals surface area contributed by atoms with E-state index in [4.69, 9.17) is 16.3 Å². The van der Waals surface area contributed by atoms with E-state index < -0.39 is 32.1 Å². The minimum atomic E-state index is -3.89. The van der Waals surface area contributed by atoms with E-state index in [1.165, 1.54) is 24.3 Å². The minimum absolute atomic E-state index is 0.0130. The average Bonchev–Trinajstić information content (AvgIpc) is 2.81. The molecule has 3 aromatic carbocycles. The van der Waals surface area contributed by atoms with Crippen LogP contribution in [0, 0.1) is 6.92 Å². The highest BCUT2D eigenvalue weighted by molar-refractivity contribution is 7.92. The molecule has 0 saturated heterocycles. The summed E-state index contributed by atoms with van der Waals surface area (Å²) in [6.45, 7) is 1.51. The van der Waals surface area contributed by atoms with E-state index in [2.05, 4.69) is 10.0 Å². The molecule has 0 saturated carbocycles. The molecule has 0 aromatic heterocycles. The van der Waals surface area contributed by atoms with Crippen LogP contribution in [0.25, 0.3) is 0 Å². The zero-order valence-corrected chi connectivity index (χ0v) is 21.1. The third kappa shape index (κ3) is 5.37. The Morgan fingerprint density at radius 2 is 1.69 bits per heavy atom. The first-order chi connectivity index (χ1) is 16.5. The SMILES string of the molecule is Cc1c(Cl)cccc1NS(=O)(=O)c1ccc(NC(=O)C2CN(S(C)(=O)=O)c3ccccc3O2)cc1. The molecule has 4 rings (SSSR count). The third-order valence-corrected chi connectivity index (χ3v) is 8.31. The molecule has 184 valence electrons. The van der Waals surface area contributed by atoms with Gasteiger partial charge in [-0.05, 0) is 61.0 Å². The van der Waals surface area contributed by atoms with E-state index in [0.29, 0.717) is 27.6 Å². The molecule has 9 nitrogen and oxygen atoms in total. The molecule has 1 heterocycles. The largest absolute Gasteiger partial charge is 0.476 e. The van der Waals surface area contributed by atoms with Gasteiger partial charge in [-0.1, -0.05) is 29.8 Å². The number of fused-ring (bicyclic) bond motifs is 1. The van der Waals surface area contributed by atoms with Crippen LogP contribution in [0.1, 0.15) is 5.56 Å². The Bertz CT molecular complexity index is 1490. The Morgan fingerprint density at radius 1 is 1.00 bits per heavy atom. The van der Waals surface area contributed by atoms with Crippen LogP contribution in [0.4, 0.5) is 17.1 Å². The first-order valence-electron chi connectivity index (χ1n) is 10.4. The van der Waals surface area contributed by atoms with Gasteiger partial charge < -0.3 is 10.1 Å². The molecule has 1 amide bonds. The van der Waals surface area contributed by atoms with Crippen molar-refractivity contribution in [2.45, 2.75) is 17.9 Å². The molecule has 0 aliphatic carbocycles. The fraction of sp³-hybridized carbons (Fsp3) is 0.174. The zero-order valence-electron chi connectivity index (χ0n) is 18.7. The summed E-state index contributed by atoms with van der Waals surface area (Å²) >= 11 is 6.06. The predicted octanol–water partition coefficient (Wildman–Crippen LogP) is 3.61. The minimum Gasteiger partial charge on any atom is -0.476 e. The molecule has 0 bridgehead atoms. The number of hydrogen-bond donors (Lipinski definition) is 2. The highest BCUT2D eigenvalue weighted by Gasteiger charge is 2.35. The number of rotatable bonds is 6. The lowest BCUT2D eigenvalue weighted by atomic mass is 10.2. The van der Waals surface area contributed by atoms with Gasteiger partial charge >= 0.3 is 0 Å². The van der Waals surface area contributed by atoms with Crippen molar-refractivity contribution in [1.29, 1.82) is 0 Å². The van der Waals surface area contributed by atoms with Crippen molar-refractivity contribution in [2.75, 3.05) is 27.1 Å². The second-order valence-electron chi connectivity index (χ2n) is 7.90.